The Morgan fingerprint density at radius 1 is 0.378 bits per heavy atom. The zero-order valence-electron chi connectivity index (χ0n) is 24.6. The van der Waals surface area contributed by atoms with E-state index >= 15 is 0 Å². The SMILES string of the molecule is c1ccc(N(c2ccccc2)c2ccc(-c3ccc(-c4ccc5ccc6cc7cccnc7c7ccc4c5c67)cc3)cc2)cc1. The van der Waals surface area contributed by atoms with Gasteiger partial charge in [-0.15, -0.1) is 0 Å². The van der Waals surface area contributed by atoms with Gasteiger partial charge in [-0.1, -0.05) is 115 Å². The lowest BCUT2D eigenvalue weighted by Gasteiger charge is -2.25. The van der Waals surface area contributed by atoms with E-state index in [0.717, 1.165) is 22.6 Å². The van der Waals surface area contributed by atoms with Crippen LogP contribution in [0.3, 0.4) is 0 Å². The van der Waals surface area contributed by atoms with Gasteiger partial charge in [0.25, 0.3) is 0 Å². The van der Waals surface area contributed by atoms with Gasteiger partial charge in [-0.05, 0) is 97.7 Å². The molecule has 9 rings (SSSR count). The van der Waals surface area contributed by atoms with Crippen molar-refractivity contribution in [1.29, 1.82) is 0 Å². The zero-order valence-corrected chi connectivity index (χ0v) is 24.6. The molecule has 8 aromatic carbocycles. The van der Waals surface area contributed by atoms with Crippen LogP contribution in [0.1, 0.15) is 0 Å². The van der Waals surface area contributed by atoms with Crippen LogP contribution < -0.4 is 4.90 Å². The Morgan fingerprint density at radius 3 is 1.64 bits per heavy atom. The highest BCUT2D eigenvalue weighted by atomic mass is 15.1. The van der Waals surface area contributed by atoms with Crippen LogP contribution in [0.25, 0.3) is 65.5 Å². The lowest BCUT2D eigenvalue weighted by molar-refractivity contribution is 1.28. The van der Waals surface area contributed by atoms with Crippen LogP contribution in [0.2, 0.25) is 0 Å². The van der Waals surface area contributed by atoms with Gasteiger partial charge in [0.1, 0.15) is 0 Å². The summed E-state index contributed by atoms with van der Waals surface area (Å²) >= 11 is 0. The molecule has 1 heterocycles. The third kappa shape index (κ3) is 4.22. The molecular weight excluding hydrogens is 544 g/mol. The molecule has 0 amide bonds. The lowest BCUT2D eigenvalue weighted by Crippen LogP contribution is -2.09. The molecular formula is C43H28N2. The number of fused-ring (bicyclic) bond motifs is 2. The maximum absolute atomic E-state index is 4.75. The van der Waals surface area contributed by atoms with Gasteiger partial charge in [-0.2, -0.15) is 0 Å². The normalized spacial score (nSPS) is 11.6. The maximum Gasteiger partial charge on any atom is 0.0780 e. The summed E-state index contributed by atoms with van der Waals surface area (Å²) in [6, 6.07) is 58.9. The largest absolute Gasteiger partial charge is 0.311 e. The topological polar surface area (TPSA) is 16.1 Å². The fourth-order valence-electron chi connectivity index (χ4n) is 6.92. The van der Waals surface area contributed by atoms with Crippen molar-refractivity contribution >= 4 is 60.3 Å². The van der Waals surface area contributed by atoms with E-state index in [1.165, 1.54) is 60.0 Å². The van der Waals surface area contributed by atoms with E-state index in [9.17, 15) is 0 Å². The van der Waals surface area contributed by atoms with Crippen LogP contribution in [-0.2, 0) is 0 Å². The summed E-state index contributed by atoms with van der Waals surface area (Å²) in [5.74, 6) is 0. The molecule has 9 aromatic rings. The average Bonchev–Trinajstić information content (AvgIpc) is 3.12. The van der Waals surface area contributed by atoms with Crippen molar-refractivity contribution in [3.05, 3.63) is 170 Å². The number of nitrogens with zero attached hydrogens (tertiary/aromatic N) is 2. The first-order valence-electron chi connectivity index (χ1n) is 15.4. The minimum Gasteiger partial charge on any atom is -0.311 e. The molecule has 0 saturated heterocycles. The highest BCUT2D eigenvalue weighted by Crippen LogP contribution is 2.42. The van der Waals surface area contributed by atoms with Crippen LogP contribution in [-0.4, -0.2) is 4.98 Å². The molecule has 0 saturated carbocycles. The molecule has 0 aliphatic carbocycles. The molecule has 0 spiro atoms. The van der Waals surface area contributed by atoms with Crippen molar-refractivity contribution in [1.82, 2.24) is 4.98 Å². The van der Waals surface area contributed by atoms with Crippen molar-refractivity contribution in [2.45, 2.75) is 0 Å². The molecule has 45 heavy (non-hydrogen) atoms. The van der Waals surface area contributed by atoms with Crippen LogP contribution in [0.4, 0.5) is 17.1 Å². The van der Waals surface area contributed by atoms with Crippen LogP contribution in [0.15, 0.2) is 170 Å². The lowest BCUT2D eigenvalue weighted by atomic mass is 9.88. The second kappa shape index (κ2) is 10.3. The number of hydrogen-bond donors (Lipinski definition) is 0. The highest BCUT2D eigenvalue weighted by molar-refractivity contribution is 6.29. The highest BCUT2D eigenvalue weighted by Gasteiger charge is 2.15. The van der Waals surface area contributed by atoms with Gasteiger partial charge < -0.3 is 4.90 Å². The predicted octanol–water partition coefficient (Wildman–Crippen LogP) is 11.9. The first-order valence-corrected chi connectivity index (χ1v) is 15.4. The Hall–Kier alpha value is -5.99. The number of para-hydroxylation sites is 2. The quantitative estimate of drug-likeness (QED) is 0.151. The zero-order chi connectivity index (χ0) is 29.7. The van der Waals surface area contributed by atoms with Crippen LogP contribution >= 0.6 is 0 Å². The Bertz CT molecular complexity index is 2410. The second-order valence-electron chi connectivity index (χ2n) is 11.6. The van der Waals surface area contributed by atoms with E-state index in [4.69, 9.17) is 4.98 Å². The van der Waals surface area contributed by atoms with Gasteiger partial charge in [0.2, 0.25) is 0 Å². The van der Waals surface area contributed by atoms with Gasteiger partial charge in [-0.3, -0.25) is 4.98 Å². The fraction of sp³-hybridized carbons (Fsp3) is 0. The molecule has 0 aliphatic rings. The standard InChI is InChI=1S/C43H28N2/c1-3-9-35(10-4-1)45(36-11-5-2-6-12-36)37-22-19-30(20-23-37)29-13-15-31(16-14-29)38-24-21-32-17-18-33-28-34-8-7-27-44-43(34)40-26-25-39(38)41(32)42(33)40/h1-28H. The number of anilines is 3. The van der Waals surface area contributed by atoms with Gasteiger partial charge in [0.05, 0.1) is 5.52 Å². The summed E-state index contributed by atoms with van der Waals surface area (Å²) in [4.78, 5) is 7.04. The van der Waals surface area contributed by atoms with Gasteiger partial charge in [0.15, 0.2) is 0 Å². The number of pyridine rings is 1. The van der Waals surface area contributed by atoms with Crippen LogP contribution in [0.5, 0.6) is 0 Å². The summed E-state index contributed by atoms with van der Waals surface area (Å²) < 4.78 is 0. The van der Waals surface area contributed by atoms with Crippen molar-refractivity contribution in [2.75, 3.05) is 4.90 Å². The molecule has 2 nitrogen and oxygen atoms in total. The molecule has 0 unspecified atom stereocenters. The summed E-state index contributed by atoms with van der Waals surface area (Å²) in [6.45, 7) is 0. The van der Waals surface area contributed by atoms with Crippen molar-refractivity contribution in [3.8, 4) is 22.3 Å². The molecule has 2 heteroatoms. The molecule has 0 radical (unpaired) electrons. The van der Waals surface area contributed by atoms with Crippen molar-refractivity contribution in [3.63, 3.8) is 0 Å². The number of benzene rings is 8. The Kier molecular flexibility index (Phi) is 5.85. The minimum absolute atomic E-state index is 1.07. The molecule has 0 bridgehead atoms. The first-order chi connectivity index (χ1) is 22.3. The van der Waals surface area contributed by atoms with E-state index in [2.05, 4.69) is 163 Å². The number of aromatic nitrogens is 1. The third-order valence-electron chi connectivity index (χ3n) is 9.03. The molecule has 1 aromatic heterocycles. The van der Waals surface area contributed by atoms with Crippen molar-refractivity contribution in [2.24, 2.45) is 0 Å². The predicted molar refractivity (Wildman–Crippen MR) is 191 cm³/mol. The second-order valence-corrected chi connectivity index (χ2v) is 11.6. The molecule has 0 N–H and O–H groups in total. The van der Waals surface area contributed by atoms with Crippen molar-refractivity contribution < 1.29 is 0 Å². The molecule has 210 valence electrons. The summed E-state index contributed by atoms with van der Waals surface area (Å²) in [6.07, 6.45) is 1.89. The summed E-state index contributed by atoms with van der Waals surface area (Å²) in [7, 11) is 0. The van der Waals surface area contributed by atoms with Gasteiger partial charge in [0, 0.05) is 34.0 Å². The van der Waals surface area contributed by atoms with E-state index in [1.807, 2.05) is 12.3 Å². The third-order valence-corrected chi connectivity index (χ3v) is 9.03. The van der Waals surface area contributed by atoms with E-state index < -0.39 is 0 Å². The summed E-state index contributed by atoms with van der Waals surface area (Å²) in [5, 5.41) is 8.82. The molecule has 0 atom stereocenters. The average molecular weight is 573 g/mol. The van der Waals surface area contributed by atoms with E-state index in [0.29, 0.717) is 0 Å². The monoisotopic (exact) mass is 572 g/mol. The summed E-state index contributed by atoms with van der Waals surface area (Å²) in [5.41, 5.74) is 9.34. The van der Waals surface area contributed by atoms with Gasteiger partial charge >= 0.3 is 0 Å². The smallest absolute Gasteiger partial charge is 0.0780 e. The Labute approximate surface area is 261 Å². The maximum atomic E-state index is 4.75. The van der Waals surface area contributed by atoms with Crippen LogP contribution in [0, 0.1) is 0 Å². The van der Waals surface area contributed by atoms with E-state index in [-0.39, 0.29) is 0 Å². The van der Waals surface area contributed by atoms with Gasteiger partial charge in [-0.25, -0.2) is 0 Å². The molecule has 0 fully saturated rings. The van der Waals surface area contributed by atoms with E-state index in [1.54, 1.807) is 0 Å². The Morgan fingerprint density at radius 2 is 0.933 bits per heavy atom. The fourth-order valence-corrected chi connectivity index (χ4v) is 6.92. The Balaban J connectivity index is 1.09. The number of rotatable bonds is 5. The molecule has 0 aliphatic heterocycles. The number of hydrogen-bond acceptors (Lipinski definition) is 2. The minimum atomic E-state index is 1.07. The first kappa shape index (κ1) is 25.5.